The minimum atomic E-state index is -4.62. The minimum Gasteiger partial charge on any atom is -0.493 e. The zero-order valence-corrected chi connectivity index (χ0v) is 29.2. The number of halogens is 4. The van der Waals surface area contributed by atoms with Gasteiger partial charge in [0.15, 0.2) is 11.5 Å². The molecule has 0 aliphatic heterocycles. The number of ether oxygens (including phenoxy) is 2. The highest BCUT2D eigenvalue weighted by Crippen LogP contribution is 2.39. The van der Waals surface area contributed by atoms with Gasteiger partial charge in [0.2, 0.25) is 5.91 Å². The Morgan fingerprint density at radius 3 is 2.10 bits per heavy atom. The highest BCUT2D eigenvalue weighted by Gasteiger charge is 2.32. The van der Waals surface area contributed by atoms with Gasteiger partial charge in [-0.2, -0.15) is 13.2 Å². The molecule has 0 bridgehead atoms. The van der Waals surface area contributed by atoms with Crippen molar-refractivity contribution in [2.75, 3.05) is 24.9 Å². The van der Waals surface area contributed by atoms with Crippen molar-refractivity contribution in [2.24, 2.45) is 0 Å². The lowest BCUT2D eigenvalue weighted by atomic mass is 10.1. The summed E-state index contributed by atoms with van der Waals surface area (Å²) in [6.07, 6.45) is -3.15. The molecule has 0 fully saturated rings. The number of anilines is 2. The monoisotopic (exact) mass is 745 g/mol. The fourth-order valence-corrected chi connectivity index (χ4v) is 6.16. The molecular weight excluding hydrogens is 715 g/mol. The lowest BCUT2D eigenvalue weighted by molar-refractivity contribution is -0.137. The topological polar surface area (TPSA) is 106 Å². The molecule has 0 aliphatic rings. The summed E-state index contributed by atoms with van der Waals surface area (Å²) in [6, 6.07) is 31.6. The van der Waals surface area contributed by atoms with Crippen molar-refractivity contribution in [3.63, 3.8) is 0 Å². The molecule has 0 saturated carbocycles. The quantitative estimate of drug-likeness (QED) is 0.0869. The van der Waals surface area contributed by atoms with E-state index in [1.807, 2.05) is 0 Å². The zero-order valence-electron chi connectivity index (χ0n) is 27.7. The number of amides is 3. The predicted molar refractivity (Wildman–Crippen MR) is 197 cm³/mol. The van der Waals surface area contributed by atoms with Gasteiger partial charge in [0.25, 0.3) is 11.8 Å². The van der Waals surface area contributed by atoms with Crippen molar-refractivity contribution in [1.29, 1.82) is 0 Å². The van der Waals surface area contributed by atoms with E-state index in [9.17, 15) is 27.6 Å². The normalized spacial score (nSPS) is 12.0. The van der Waals surface area contributed by atoms with Crippen molar-refractivity contribution in [3.8, 4) is 11.5 Å². The van der Waals surface area contributed by atoms with Crippen LogP contribution in [0, 0.1) is 0 Å². The third-order valence-electron chi connectivity index (χ3n) is 7.52. The van der Waals surface area contributed by atoms with Crippen LogP contribution in [0.25, 0.3) is 6.08 Å². The van der Waals surface area contributed by atoms with E-state index in [-0.39, 0.29) is 16.4 Å². The Morgan fingerprint density at radius 1 is 0.788 bits per heavy atom. The molecule has 0 saturated heterocycles. The average Bonchev–Trinajstić information content (AvgIpc) is 3.15. The summed E-state index contributed by atoms with van der Waals surface area (Å²) in [4.78, 5) is 40.9. The number of rotatable bonds is 12. The van der Waals surface area contributed by atoms with E-state index in [2.05, 4.69) is 16.0 Å². The second-order valence-corrected chi connectivity index (χ2v) is 12.6. The maximum absolute atomic E-state index is 13.7. The van der Waals surface area contributed by atoms with Crippen LogP contribution in [0.5, 0.6) is 11.5 Å². The molecule has 3 amide bonds. The molecule has 52 heavy (non-hydrogen) atoms. The minimum absolute atomic E-state index is 0.0449. The van der Waals surface area contributed by atoms with Crippen LogP contribution in [-0.4, -0.2) is 31.9 Å². The summed E-state index contributed by atoms with van der Waals surface area (Å²) in [6.45, 7) is 0. The van der Waals surface area contributed by atoms with E-state index >= 15 is 0 Å². The molecule has 5 aromatic rings. The Morgan fingerprint density at radius 2 is 1.46 bits per heavy atom. The molecule has 13 heteroatoms. The number of nitrogens with one attached hydrogen (secondary N) is 3. The molecule has 1 atom stereocenters. The van der Waals surface area contributed by atoms with Crippen LogP contribution in [0.15, 0.2) is 132 Å². The predicted octanol–water partition coefficient (Wildman–Crippen LogP) is 9.26. The molecule has 0 aliphatic carbocycles. The summed E-state index contributed by atoms with van der Waals surface area (Å²) in [7, 11) is 2.95. The van der Waals surface area contributed by atoms with E-state index in [0.717, 1.165) is 30.0 Å². The Balaban J connectivity index is 1.38. The smallest absolute Gasteiger partial charge is 0.416 e. The van der Waals surface area contributed by atoms with Crippen molar-refractivity contribution >= 4 is 58.5 Å². The van der Waals surface area contributed by atoms with Crippen LogP contribution >= 0.6 is 23.4 Å². The third-order valence-corrected chi connectivity index (χ3v) is 9.12. The number of methoxy groups -OCH3 is 2. The Labute approximate surface area is 307 Å². The van der Waals surface area contributed by atoms with E-state index in [4.69, 9.17) is 21.1 Å². The van der Waals surface area contributed by atoms with E-state index in [0.29, 0.717) is 38.8 Å². The van der Waals surface area contributed by atoms with Gasteiger partial charge in [0.1, 0.15) is 10.9 Å². The van der Waals surface area contributed by atoms with E-state index in [1.54, 1.807) is 103 Å². The number of hydrogen-bond donors (Lipinski definition) is 3. The molecule has 0 heterocycles. The second-order valence-electron chi connectivity index (χ2n) is 11.0. The maximum atomic E-state index is 13.7. The van der Waals surface area contributed by atoms with Crippen LogP contribution in [-0.2, 0) is 15.8 Å². The Kier molecular flexibility index (Phi) is 12.3. The molecule has 5 aromatic carbocycles. The molecule has 8 nitrogen and oxygen atoms in total. The molecule has 3 N–H and O–H groups in total. The summed E-state index contributed by atoms with van der Waals surface area (Å²) >= 11 is 7.30. The summed E-state index contributed by atoms with van der Waals surface area (Å²) < 4.78 is 51.0. The summed E-state index contributed by atoms with van der Waals surface area (Å²) in [5.41, 5.74) is 0.597. The summed E-state index contributed by atoms with van der Waals surface area (Å²) in [5, 5.41) is 7.10. The first-order valence-electron chi connectivity index (χ1n) is 15.6. The average molecular weight is 746 g/mol. The third kappa shape index (κ3) is 9.53. The highest BCUT2D eigenvalue weighted by atomic mass is 35.5. The summed E-state index contributed by atoms with van der Waals surface area (Å²) in [5.74, 6) is -0.940. The standard InChI is InChI=1S/C39H31ClF3N3O5S/c1-50-33-15-9-14-26(34(33)51-2)22-32(46-36(47)25-12-7-4-8-13-25)37(48)44-28-17-19-29(20-18-28)52-35(24-10-5-3-6-11-24)38(49)45-31-23-27(39(41,42)43)16-21-30(31)40/h3-23,35H,1-2H3,(H,44,48)(H,45,49)(H,46,47)/b32-22-. The van der Waals surface area contributed by atoms with E-state index < -0.39 is 34.7 Å². The number of benzene rings is 5. The van der Waals surface area contributed by atoms with Gasteiger partial charge in [0.05, 0.1) is 30.5 Å². The van der Waals surface area contributed by atoms with Crippen molar-refractivity contribution in [1.82, 2.24) is 5.32 Å². The van der Waals surface area contributed by atoms with Crippen LogP contribution in [0.1, 0.15) is 32.3 Å². The number of thioether (sulfide) groups is 1. The van der Waals surface area contributed by atoms with Crippen LogP contribution in [0.3, 0.4) is 0 Å². The van der Waals surface area contributed by atoms with Crippen molar-refractivity contribution in [3.05, 3.63) is 154 Å². The van der Waals surface area contributed by atoms with E-state index in [1.165, 1.54) is 20.3 Å². The molecule has 0 radical (unpaired) electrons. The number of carbonyl (C=O) groups excluding carboxylic acids is 3. The SMILES string of the molecule is COc1cccc(/C=C(\NC(=O)c2ccccc2)C(=O)Nc2ccc(SC(C(=O)Nc3cc(C(F)(F)F)ccc3Cl)c3ccccc3)cc2)c1OC. The lowest BCUT2D eigenvalue weighted by Crippen LogP contribution is -2.30. The second kappa shape index (κ2) is 17.0. The molecular formula is C39H31ClF3N3O5S. The highest BCUT2D eigenvalue weighted by molar-refractivity contribution is 8.00. The molecule has 0 spiro atoms. The van der Waals surface area contributed by atoms with Gasteiger partial charge >= 0.3 is 6.18 Å². The van der Waals surface area contributed by atoms with Crippen molar-refractivity contribution in [2.45, 2.75) is 16.3 Å². The first-order chi connectivity index (χ1) is 25.0. The first kappa shape index (κ1) is 37.5. The van der Waals surface area contributed by atoms with Gasteiger partial charge in [-0.15, -0.1) is 11.8 Å². The Bertz CT molecular complexity index is 2080. The fourth-order valence-electron chi connectivity index (χ4n) is 4.97. The molecule has 0 aromatic heterocycles. The molecule has 1 unspecified atom stereocenters. The van der Waals surface area contributed by atoms with Gasteiger partial charge in [-0.05, 0) is 72.3 Å². The number of carbonyl (C=O) groups is 3. The zero-order chi connectivity index (χ0) is 37.3. The van der Waals surface area contributed by atoms with Gasteiger partial charge in [0, 0.05) is 21.7 Å². The van der Waals surface area contributed by atoms with Crippen LogP contribution < -0.4 is 25.4 Å². The fraction of sp³-hybridized carbons (Fsp3) is 0.103. The molecule has 5 rings (SSSR count). The number of hydrogen-bond acceptors (Lipinski definition) is 6. The number of alkyl halides is 3. The first-order valence-corrected chi connectivity index (χ1v) is 16.8. The van der Waals surface area contributed by atoms with Crippen molar-refractivity contribution < 1.29 is 37.0 Å². The maximum Gasteiger partial charge on any atom is 0.416 e. The Hall–Kier alpha value is -5.72. The molecule has 266 valence electrons. The largest absolute Gasteiger partial charge is 0.493 e. The van der Waals surface area contributed by atoms with Crippen LogP contribution in [0.4, 0.5) is 24.5 Å². The van der Waals surface area contributed by atoms with Gasteiger partial charge < -0.3 is 25.4 Å². The lowest BCUT2D eigenvalue weighted by Gasteiger charge is -2.19. The van der Waals surface area contributed by atoms with Gasteiger partial charge in [-0.1, -0.05) is 72.3 Å². The number of para-hydroxylation sites is 1. The van der Waals surface area contributed by atoms with Crippen LogP contribution in [0.2, 0.25) is 5.02 Å². The van der Waals surface area contributed by atoms with Gasteiger partial charge in [-0.3, -0.25) is 14.4 Å². The van der Waals surface area contributed by atoms with Gasteiger partial charge in [-0.25, -0.2) is 0 Å².